The number of likely N-dealkylation sites (N-methyl/N-ethyl adjacent to an activating group) is 1. The number of nitrogens with zero attached hydrogens (tertiary/aromatic N) is 4. The molecule has 0 saturated carbocycles. The number of carbonyl (C=O) groups is 2. The van der Waals surface area contributed by atoms with E-state index in [-0.39, 0.29) is 23.5 Å². The van der Waals surface area contributed by atoms with E-state index in [9.17, 15) is 9.59 Å². The van der Waals surface area contributed by atoms with Crippen LogP contribution in [0.25, 0.3) is 0 Å². The van der Waals surface area contributed by atoms with Crippen molar-refractivity contribution < 1.29 is 14.3 Å². The number of ether oxygens (including phenoxy) is 1. The summed E-state index contributed by atoms with van der Waals surface area (Å²) in [5.74, 6) is 0.951. The van der Waals surface area contributed by atoms with Crippen molar-refractivity contribution in [2.24, 2.45) is 5.73 Å². The molecule has 1 aliphatic rings. The van der Waals surface area contributed by atoms with E-state index in [0.717, 1.165) is 37.4 Å². The molecule has 1 aromatic carbocycles. The number of hydrogen-bond acceptors (Lipinski definition) is 8. The largest absolute Gasteiger partial charge is 0.492 e. The summed E-state index contributed by atoms with van der Waals surface area (Å²) in [4.78, 5) is 36.3. The fourth-order valence-corrected chi connectivity index (χ4v) is 3.51. The van der Waals surface area contributed by atoms with Crippen LogP contribution in [0.2, 0.25) is 0 Å². The van der Waals surface area contributed by atoms with Crippen LogP contribution in [0, 0.1) is 0 Å². The second-order valence-electron chi connectivity index (χ2n) is 8.08. The number of amides is 2. The van der Waals surface area contributed by atoms with Crippen LogP contribution in [-0.4, -0.2) is 73.1 Å². The van der Waals surface area contributed by atoms with Crippen LogP contribution in [0.1, 0.15) is 30.3 Å². The van der Waals surface area contributed by atoms with E-state index in [1.54, 1.807) is 6.20 Å². The van der Waals surface area contributed by atoms with Crippen molar-refractivity contribution in [1.29, 1.82) is 0 Å². The Bertz CT molecular complexity index is 934. The Labute approximate surface area is 188 Å². The van der Waals surface area contributed by atoms with Gasteiger partial charge < -0.3 is 30.9 Å². The zero-order valence-electron chi connectivity index (χ0n) is 18.8. The van der Waals surface area contributed by atoms with Crippen LogP contribution < -0.4 is 26.0 Å². The van der Waals surface area contributed by atoms with Gasteiger partial charge in [-0.1, -0.05) is 0 Å². The number of benzene rings is 1. The molecule has 4 N–H and O–H groups in total. The average molecular weight is 442 g/mol. The lowest BCUT2D eigenvalue weighted by Crippen LogP contribution is -2.47. The van der Waals surface area contributed by atoms with Gasteiger partial charge in [-0.15, -0.1) is 0 Å². The van der Waals surface area contributed by atoms with E-state index < -0.39 is 5.91 Å². The molecule has 32 heavy (non-hydrogen) atoms. The van der Waals surface area contributed by atoms with Gasteiger partial charge in [-0.05, 0) is 51.2 Å². The highest BCUT2D eigenvalue weighted by molar-refractivity contribution is 5.96. The third-order valence-corrected chi connectivity index (χ3v) is 5.07. The minimum Gasteiger partial charge on any atom is -0.492 e. The molecule has 2 heterocycles. The molecule has 2 amide bonds. The molecule has 1 atom stereocenters. The third kappa shape index (κ3) is 6.55. The molecule has 2 aromatic rings. The lowest BCUT2D eigenvalue weighted by atomic mass is 10.1. The molecule has 0 radical (unpaired) electrons. The smallest absolute Gasteiger partial charge is 0.271 e. The van der Waals surface area contributed by atoms with Crippen LogP contribution in [0.15, 0.2) is 30.5 Å². The van der Waals surface area contributed by atoms with Gasteiger partial charge in [0.15, 0.2) is 11.5 Å². The average Bonchev–Trinajstić information content (AvgIpc) is 2.74. The second-order valence-corrected chi connectivity index (χ2v) is 8.08. The van der Waals surface area contributed by atoms with E-state index in [1.807, 2.05) is 43.3 Å². The standard InChI is InChI=1S/C22H31N7O3/c1-15(30)25-17-5-4-10-29(14-17)19-13-24-20(21(23)31)22(27-19)26-16-6-8-18(9-7-16)32-12-11-28(2)3/h6-9,13,17H,4-5,10-12,14H2,1-3H3,(H2,23,31)(H,25,30)(H,26,27). The first-order valence-electron chi connectivity index (χ1n) is 10.7. The Morgan fingerprint density at radius 3 is 2.69 bits per heavy atom. The quantitative estimate of drug-likeness (QED) is 0.533. The van der Waals surface area contributed by atoms with E-state index in [0.29, 0.717) is 19.0 Å². The first-order chi connectivity index (χ1) is 15.3. The Kier molecular flexibility index (Phi) is 7.82. The number of aromatic nitrogens is 2. The van der Waals surface area contributed by atoms with Crippen LogP contribution in [-0.2, 0) is 4.79 Å². The van der Waals surface area contributed by atoms with E-state index in [4.69, 9.17) is 10.5 Å². The van der Waals surface area contributed by atoms with Crippen LogP contribution >= 0.6 is 0 Å². The monoisotopic (exact) mass is 441 g/mol. The molecule has 1 aliphatic heterocycles. The molecule has 1 unspecified atom stereocenters. The minimum absolute atomic E-state index is 0.0512. The van der Waals surface area contributed by atoms with Gasteiger partial charge in [-0.3, -0.25) is 9.59 Å². The fraction of sp³-hybridized carbons (Fsp3) is 0.455. The zero-order valence-corrected chi connectivity index (χ0v) is 18.8. The van der Waals surface area contributed by atoms with Gasteiger partial charge in [-0.2, -0.15) is 0 Å². The van der Waals surface area contributed by atoms with Crippen LogP contribution in [0.5, 0.6) is 5.75 Å². The summed E-state index contributed by atoms with van der Waals surface area (Å²) in [7, 11) is 3.98. The molecular weight excluding hydrogens is 410 g/mol. The highest BCUT2D eigenvalue weighted by Crippen LogP contribution is 2.24. The number of carbonyl (C=O) groups excluding carboxylic acids is 2. The molecule has 1 fully saturated rings. The summed E-state index contributed by atoms with van der Waals surface area (Å²) in [6.45, 7) is 4.35. The van der Waals surface area contributed by atoms with Crippen molar-refractivity contribution in [3.05, 3.63) is 36.2 Å². The van der Waals surface area contributed by atoms with Gasteiger partial charge >= 0.3 is 0 Å². The number of primary amides is 1. The van der Waals surface area contributed by atoms with Gasteiger partial charge in [-0.25, -0.2) is 9.97 Å². The summed E-state index contributed by atoms with van der Waals surface area (Å²) >= 11 is 0. The highest BCUT2D eigenvalue weighted by Gasteiger charge is 2.23. The van der Waals surface area contributed by atoms with E-state index >= 15 is 0 Å². The number of nitrogens with one attached hydrogen (secondary N) is 2. The lowest BCUT2D eigenvalue weighted by Gasteiger charge is -2.33. The molecular formula is C22H31N7O3. The molecule has 10 nitrogen and oxygen atoms in total. The molecule has 0 bridgehead atoms. The third-order valence-electron chi connectivity index (χ3n) is 5.07. The topological polar surface area (TPSA) is 126 Å². The Morgan fingerprint density at radius 1 is 1.28 bits per heavy atom. The first-order valence-corrected chi connectivity index (χ1v) is 10.7. The van der Waals surface area contributed by atoms with Crippen molar-refractivity contribution in [2.45, 2.75) is 25.8 Å². The first kappa shape index (κ1) is 23.3. The maximum Gasteiger partial charge on any atom is 0.271 e. The van der Waals surface area contributed by atoms with Crippen molar-refractivity contribution in [1.82, 2.24) is 20.2 Å². The minimum atomic E-state index is -0.662. The van der Waals surface area contributed by atoms with Gasteiger partial charge in [0.2, 0.25) is 5.91 Å². The molecule has 172 valence electrons. The number of hydrogen-bond donors (Lipinski definition) is 3. The van der Waals surface area contributed by atoms with Crippen molar-refractivity contribution >= 4 is 29.1 Å². The number of anilines is 3. The van der Waals surface area contributed by atoms with Gasteiger partial charge in [0.25, 0.3) is 5.91 Å². The Morgan fingerprint density at radius 2 is 2.03 bits per heavy atom. The Hall–Kier alpha value is -3.40. The summed E-state index contributed by atoms with van der Waals surface area (Å²) in [5.41, 5.74) is 6.31. The van der Waals surface area contributed by atoms with Crippen molar-refractivity contribution in [3.63, 3.8) is 0 Å². The van der Waals surface area contributed by atoms with Crippen molar-refractivity contribution in [3.8, 4) is 5.75 Å². The Balaban J connectivity index is 1.74. The fourth-order valence-electron chi connectivity index (χ4n) is 3.51. The SMILES string of the molecule is CC(=O)NC1CCCN(c2cnc(C(N)=O)c(Nc3ccc(OCCN(C)C)cc3)n2)C1. The molecule has 3 rings (SSSR count). The molecule has 0 aliphatic carbocycles. The molecule has 10 heteroatoms. The molecule has 1 saturated heterocycles. The van der Waals surface area contributed by atoms with E-state index in [1.165, 1.54) is 6.92 Å². The maximum atomic E-state index is 11.9. The predicted octanol–water partition coefficient (Wildman–Crippen LogP) is 1.36. The van der Waals surface area contributed by atoms with Crippen molar-refractivity contribution in [2.75, 3.05) is 50.6 Å². The predicted molar refractivity (Wildman–Crippen MR) is 123 cm³/mol. The maximum absolute atomic E-state index is 11.9. The van der Waals surface area contributed by atoms with Gasteiger partial charge in [0, 0.05) is 38.3 Å². The summed E-state index contributed by atoms with van der Waals surface area (Å²) < 4.78 is 5.71. The second kappa shape index (κ2) is 10.8. The molecule has 1 aromatic heterocycles. The number of nitrogens with two attached hydrogens (primary N) is 1. The number of piperidine rings is 1. The van der Waals surface area contributed by atoms with Gasteiger partial charge in [0.1, 0.15) is 18.2 Å². The van der Waals surface area contributed by atoms with Gasteiger partial charge in [0.05, 0.1) is 6.20 Å². The number of rotatable bonds is 9. The highest BCUT2D eigenvalue weighted by atomic mass is 16.5. The van der Waals surface area contributed by atoms with Crippen LogP contribution in [0.4, 0.5) is 17.3 Å². The van der Waals surface area contributed by atoms with E-state index in [2.05, 4.69) is 25.5 Å². The molecule has 0 spiro atoms. The van der Waals surface area contributed by atoms with Crippen LogP contribution in [0.3, 0.4) is 0 Å². The lowest BCUT2D eigenvalue weighted by molar-refractivity contribution is -0.119. The summed E-state index contributed by atoms with van der Waals surface area (Å²) in [6.07, 6.45) is 3.38. The summed E-state index contributed by atoms with van der Waals surface area (Å²) in [5, 5.41) is 6.10. The normalized spacial score (nSPS) is 16.0. The summed E-state index contributed by atoms with van der Waals surface area (Å²) in [6, 6.07) is 7.44. The zero-order chi connectivity index (χ0) is 23.1.